The maximum Gasteiger partial charge on any atom is 0.273 e. The lowest BCUT2D eigenvalue weighted by Crippen LogP contribution is -2.52. The van der Waals surface area contributed by atoms with Gasteiger partial charge in [0.1, 0.15) is 11.6 Å². The standard InChI is InChI=1S/C14H17N3O3/c1-2-9-4-3-5-10(8-9)20-7-6-11-16-13(18)12(15)14(19)17-11/h3-5,8,12H,2,6-7,15H2,1H3,(H,16,17,18,19). The third-order valence-corrected chi connectivity index (χ3v) is 2.98. The number of nitrogens with one attached hydrogen (secondary N) is 1. The molecule has 106 valence electrons. The Bertz CT molecular complexity index is 554. The second-order valence-electron chi connectivity index (χ2n) is 4.46. The Morgan fingerprint density at radius 1 is 1.40 bits per heavy atom. The van der Waals surface area contributed by atoms with E-state index in [1.165, 1.54) is 5.56 Å². The van der Waals surface area contributed by atoms with Crippen LogP contribution in [-0.2, 0) is 16.0 Å². The number of amidine groups is 1. The predicted octanol–water partition coefficient (Wildman–Crippen LogP) is 0.400. The first kappa shape index (κ1) is 14.2. The number of hydrogen-bond acceptors (Lipinski definition) is 4. The van der Waals surface area contributed by atoms with E-state index in [2.05, 4.69) is 17.2 Å². The van der Waals surface area contributed by atoms with Gasteiger partial charge in [0.25, 0.3) is 11.8 Å². The minimum Gasteiger partial charge on any atom is -0.493 e. The fourth-order valence-corrected chi connectivity index (χ4v) is 1.80. The molecular weight excluding hydrogens is 258 g/mol. The highest BCUT2D eigenvalue weighted by atomic mass is 16.5. The number of carbonyl (C=O) groups excluding carboxylic acids is 2. The van der Waals surface area contributed by atoms with Crippen molar-refractivity contribution in [3.05, 3.63) is 29.8 Å². The third-order valence-electron chi connectivity index (χ3n) is 2.98. The topological polar surface area (TPSA) is 93.8 Å². The zero-order chi connectivity index (χ0) is 14.5. The number of ether oxygens (including phenoxy) is 1. The van der Waals surface area contributed by atoms with Crippen LogP contribution in [0, 0.1) is 0 Å². The van der Waals surface area contributed by atoms with Gasteiger partial charge in [-0.1, -0.05) is 19.1 Å². The van der Waals surface area contributed by atoms with Gasteiger partial charge in [-0.05, 0) is 24.1 Å². The number of rotatable bonds is 5. The number of hydrogen-bond donors (Lipinski definition) is 2. The highest BCUT2D eigenvalue weighted by Gasteiger charge is 2.27. The monoisotopic (exact) mass is 275 g/mol. The number of benzene rings is 1. The van der Waals surface area contributed by atoms with Gasteiger partial charge < -0.3 is 15.8 Å². The van der Waals surface area contributed by atoms with Crippen molar-refractivity contribution in [2.24, 2.45) is 10.7 Å². The van der Waals surface area contributed by atoms with Crippen LogP contribution in [0.15, 0.2) is 29.3 Å². The van der Waals surface area contributed by atoms with E-state index < -0.39 is 17.9 Å². The average molecular weight is 275 g/mol. The highest BCUT2D eigenvalue weighted by molar-refractivity contribution is 6.18. The van der Waals surface area contributed by atoms with Crippen LogP contribution in [0.3, 0.4) is 0 Å². The SMILES string of the molecule is CCc1cccc(OCCC2=NC(=O)C(N)C(=O)N2)c1. The van der Waals surface area contributed by atoms with Crippen LogP contribution in [0.25, 0.3) is 0 Å². The molecule has 6 nitrogen and oxygen atoms in total. The fourth-order valence-electron chi connectivity index (χ4n) is 1.80. The van der Waals surface area contributed by atoms with Gasteiger partial charge in [0.15, 0.2) is 6.04 Å². The molecule has 0 aliphatic carbocycles. The zero-order valence-corrected chi connectivity index (χ0v) is 11.3. The first-order valence-electron chi connectivity index (χ1n) is 6.49. The van der Waals surface area contributed by atoms with E-state index in [0.29, 0.717) is 18.9 Å². The first-order valence-corrected chi connectivity index (χ1v) is 6.49. The smallest absolute Gasteiger partial charge is 0.273 e. The number of amides is 2. The summed E-state index contributed by atoms with van der Waals surface area (Å²) in [5, 5.41) is 2.49. The Balaban J connectivity index is 1.88. The van der Waals surface area contributed by atoms with Gasteiger partial charge in [-0.2, -0.15) is 4.99 Å². The van der Waals surface area contributed by atoms with Crippen molar-refractivity contribution in [2.45, 2.75) is 25.8 Å². The van der Waals surface area contributed by atoms with E-state index in [4.69, 9.17) is 10.5 Å². The summed E-state index contributed by atoms with van der Waals surface area (Å²) in [6, 6.07) is 6.58. The minimum atomic E-state index is -1.19. The molecule has 1 aliphatic rings. The first-order chi connectivity index (χ1) is 9.60. The van der Waals surface area contributed by atoms with Crippen LogP contribution in [0.4, 0.5) is 0 Å². The van der Waals surface area contributed by atoms with E-state index in [1.807, 2.05) is 24.3 Å². The van der Waals surface area contributed by atoms with Crippen LogP contribution < -0.4 is 15.8 Å². The van der Waals surface area contributed by atoms with Crippen LogP contribution >= 0.6 is 0 Å². The Morgan fingerprint density at radius 3 is 2.90 bits per heavy atom. The third kappa shape index (κ3) is 3.42. The molecule has 0 fully saturated rings. The summed E-state index contributed by atoms with van der Waals surface area (Å²) in [5.41, 5.74) is 6.52. The molecule has 0 saturated carbocycles. The van der Waals surface area contributed by atoms with E-state index >= 15 is 0 Å². The van der Waals surface area contributed by atoms with Crippen molar-refractivity contribution in [2.75, 3.05) is 6.61 Å². The van der Waals surface area contributed by atoms with Crippen molar-refractivity contribution < 1.29 is 14.3 Å². The molecule has 0 radical (unpaired) electrons. The molecule has 0 spiro atoms. The lowest BCUT2D eigenvalue weighted by atomic mass is 10.2. The number of aryl methyl sites for hydroxylation is 1. The van der Waals surface area contributed by atoms with E-state index in [1.54, 1.807) is 0 Å². The second-order valence-corrected chi connectivity index (χ2v) is 4.46. The average Bonchev–Trinajstić information content (AvgIpc) is 2.45. The lowest BCUT2D eigenvalue weighted by Gasteiger charge is -2.17. The van der Waals surface area contributed by atoms with Gasteiger partial charge in [-0.25, -0.2) is 0 Å². The van der Waals surface area contributed by atoms with Crippen LogP contribution in [-0.4, -0.2) is 30.3 Å². The van der Waals surface area contributed by atoms with E-state index in [0.717, 1.165) is 12.2 Å². The Labute approximate surface area is 117 Å². The van der Waals surface area contributed by atoms with Crippen molar-refractivity contribution in [1.29, 1.82) is 0 Å². The molecule has 2 rings (SSSR count). The Hall–Kier alpha value is -2.21. The van der Waals surface area contributed by atoms with Crippen molar-refractivity contribution in [1.82, 2.24) is 5.32 Å². The molecule has 1 aliphatic heterocycles. The molecule has 1 atom stereocenters. The van der Waals surface area contributed by atoms with Crippen molar-refractivity contribution in [3.63, 3.8) is 0 Å². The molecule has 0 bridgehead atoms. The predicted molar refractivity (Wildman–Crippen MR) is 74.5 cm³/mol. The Kier molecular flexibility index (Phi) is 4.47. The van der Waals surface area contributed by atoms with E-state index in [-0.39, 0.29) is 0 Å². The molecule has 1 unspecified atom stereocenters. The molecule has 3 N–H and O–H groups in total. The molecule has 1 aromatic rings. The summed E-state index contributed by atoms with van der Waals surface area (Å²) < 4.78 is 5.57. The normalized spacial score (nSPS) is 18.5. The molecule has 1 aromatic carbocycles. The van der Waals surface area contributed by atoms with Crippen molar-refractivity contribution >= 4 is 17.6 Å². The summed E-state index contributed by atoms with van der Waals surface area (Å²) >= 11 is 0. The fraction of sp³-hybridized carbons (Fsp3) is 0.357. The van der Waals surface area contributed by atoms with Crippen LogP contribution in [0.2, 0.25) is 0 Å². The van der Waals surface area contributed by atoms with Gasteiger partial charge in [0, 0.05) is 6.42 Å². The van der Waals surface area contributed by atoms with Gasteiger partial charge in [-0.3, -0.25) is 9.59 Å². The van der Waals surface area contributed by atoms with Crippen LogP contribution in [0.5, 0.6) is 5.75 Å². The number of aliphatic imine (C=N–C) groups is 1. The van der Waals surface area contributed by atoms with E-state index in [9.17, 15) is 9.59 Å². The molecule has 0 saturated heterocycles. The van der Waals surface area contributed by atoms with Crippen LogP contribution in [0.1, 0.15) is 18.9 Å². The second kappa shape index (κ2) is 6.29. The molecule has 1 heterocycles. The summed E-state index contributed by atoms with van der Waals surface area (Å²) in [7, 11) is 0. The van der Waals surface area contributed by atoms with Gasteiger partial charge in [0.05, 0.1) is 6.61 Å². The lowest BCUT2D eigenvalue weighted by molar-refractivity contribution is -0.129. The largest absolute Gasteiger partial charge is 0.493 e. The highest BCUT2D eigenvalue weighted by Crippen LogP contribution is 2.14. The summed E-state index contributed by atoms with van der Waals surface area (Å²) in [5.74, 6) is -0.0758. The number of nitrogens with zero attached hydrogens (tertiary/aromatic N) is 1. The maximum absolute atomic E-state index is 11.4. The number of nitrogens with two attached hydrogens (primary N) is 1. The quantitative estimate of drug-likeness (QED) is 0.761. The summed E-state index contributed by atoms with van der Waals surface area (Å²) in [6.07, 6.45) is 1.28. The maximum atomic E-state index is 11.4. The van der Waals surface area contributed by atoms with Gasteiger partial charge >= 0.3 is 0 Å². The zero-order valence-electron chi connectivity index (χ0n) is 11.3. The van der Waals surface area contributed by atoms with Gasteiger partial charge in [-0.15, -0.1) is 0 Å². The summed E-state index contributed by atoms with van der Waals surface area (Å²) in [6.45, 7) is 2.40. The van der Waals surface area contributed by atoms with Gasteiger partial charge in [0.2, 0.25) is 0 Å². The Morgan fingerprint density at radius 2 is 2.20 bits per heavy atom. The molecule has 20 heavy (non-hydrogen) atoms. The summed E-state index contributed by atoms with van der Waals surface area (Å²) in [4.78, 5) is 26.4. The molecule has 2 amide bonds. The van der Waals surface area contributed by atoms with Crippen molar-refractivity contribution in [3.8, 4) is 5.75 Å². The molecule has 6 heteroatoms. The minimum absolute atomic E-state index is 0.299. The molecule has 0 aromatic heterocycles. The molecular formula is C14H17N3O3. The number of carbonyl (C=O) groups is 2.